The fourth-order valence-electron chi connectivity index (χ4n) is 2.88. The average Bonchev–Trinajstić information content (AvgIpc) is 2.96. The molecule has 0 spiro atoms. The van der Waals surface area contributed by atoms with Gasteiger partial charge in [-0.15, -0.1) is 5.10 Å². The largest absolute Gasteiger partial charge is 0.478 e. The van der Waals surface area contributed by atoms with E-state index in [-0.39, 0.29) is 43.3 Å². The van der Waals surface area contributed by atoms with Crippen molar-refractivity contribution in [3.63, 3.8) is 0 Å². The van der Waals surface area contributed by atoms with Crippen LogP contribution in [-0.2, 0) is 11.2 Å². The van der Waals surface area contributed by atoms with E-state index in [9.17, 15) is 13.6 Å². The van der Waals surface area contributed by atoms with Crippen molar-refractivity contribution in [2.75, 3.05) is 19.7 Å². The molecule has 0 aromatic carbocycles. The zero-order chi connectivity index (χ0) is 21.4. The van der Waals surface area contributed by atoms with Crippen LogP contribution in [0.5, 0.6) is 5.88 Å². The SMILES string of the molecule is C=C(C)/C(=N\N=C\CCC(=O)Cc1cc(Cl)nc(OCC)c1)N1CCC(F)(F)C1. The maximum atomic E-state index is 13.4. The molecule has 1 fully saturated rings. The standard InChI is InChI=1S/C20H25ClF2N4O2/c1-4-29-18-12-15(11-17(21)25-18)10-16(28)6-5-8-24-26-19(14(2)3)27-9-7-20(22,23)13-27/h8,11-12H,2,4-7,9-10,13H2,1,3H3/b24-8+,26-19+. The number of carbonyl (C=O) groups excluding carboxylic acids is 1. The van der Waals surface area contributed by atoms with Gasteiger partial charge in [-0.25, -0.2) is 13.8 Å². The first-order valence-electron chi connectivity index (χ1n) is 9.39. The highest BCUT2D eigenvalue weighted by atomic mass is 35.5. The lowest BCUT2D eigenvalue weighted by Crippen LogP contribution is -2.31. The first-order valence-corrected chi connectivity index (χ1v) is 9.77. The van der Waals surface area contributed by atoms with Gasteiger partial charge in [0.1, 0.15) is 10.9 Å². The Bertz CT molecular complexity index is 812. The molecular weight excluding hydrogens is 402 g/mol. The minimum Gasteiger partial charge on any atom is -0.478 e. The summed E-state index contributed by atoms with van der Waals surface area (Å²) in [6, 6.07) is 3.32. The Balaban J connectivity index is 1.86. The second-order valence-electron chi connectivity index (χ2n) is 6.85. The van der Waals surface area contributed by atoms with E-state index in [0.29, 0.717) is 30.3 Å². The van der Waals surface area contributed by atoms with Gasteiger partial charge < -0.3 is 9.64 Å². The van der Waals surface area contributed by atoms with Crippen LogP contribution in [-0.4, -0.2) is 53.3 Å². The predicted octanol–water partition coefficient (Wildman–Crippen LogP) is 4.33. The van der Waals surface area contributed by atoms with Crippen molar-refractivity contribution in [2.45, 2.75) is 45.5 Å². The second kappa shape index (κ2) is 10.4. The van der Waals surface area contributed by atoms with Gasteiger partial charge in [0, 0.05) is 38.1 Å². The normalized spacial score (nSPS) is 16.4. The summed E-state index contributed by atoms with van der Waals surface area (Å²) in [6.45, 7) is 7.60. The maximum Gasteiger partial charge on any atom is 0.266 e. The summed E-state index contributed by atoms with van der Waals surface area (Å²) in [5.74, 6) is -1.98. The monoisotopic (exact) mass is 426 g/mol. The smallest absolute Gasteiger partial charge is 0.266 e. The lowest BCUT2D eigenvalue weighted by Gasteiger charge is -2.19. The molecule has 2 rings (SSSR count). The zero-order valence-electron chi connectivity index (χ0n) is 16.6. The number of likely N-dealkylation sites (tertiary alicyclic amines) is 1. The maximum absolute atomic E-state index is 13.4. The number of nitrogens with zero attached hydrogens (tertiary/aromatic N) is 4. The van der Waals surface area contributed by atoms with E-state index >= 15 is 0 Å². The molecule has 0 saturated carbocycles. The zero-order valence-corrected chi connectivity index (χ0v) is 17.4. The summed E-state index contributed by atoms with van der Waals surface area (Å²) >= 11 is 5.95. The number of ether oxygens (including phenoxy) is 1. The van der Waals surface area contributed by atoms with Gasteiger partial charge in [-0.05, 0) is 37.5 Å². The van der Waals surface area contributed by atoms with E-state index in [1.165, 1.54) is 11.1 Å². The summed E-state index contributed by atoms with van der Waals surface area (Å²) in [6.07, 6.45) is 2.16. The van der Waals surface area contributed by atoms with Crippen molar-refractivity contribution in [1.29, 1.82) is 0 Å². The number of alkyl halides is 2. The molecule has 29 heavy (non-hydrogen) atoms. The summed E-state index contributed by atoms with van der Waals surface area (Å²) in [4.78, 5) is 17.7. The van der Waals surface area contributed by atoms with Gasteiger partial charge >= 0.3 is 0 Å². The first-order chi connectivity index (χ1) is 13.7. The lowest BCUT2D eigenvalue weighted by molar-refractivity contribution is -0.118. The third-order valence-corrected chi connectivity index (χ3v) is 4.35. The summed E-state index contributed by atoms with van der Waals surface area (Å²) < 4.78 is 32.1. The number of rotatable bonds is 9. The van der Waals surface area contributed by atoms with Crippen molar-refractivity contribution in [2.24, 2.45) is 10.2 Å². The molecule has 158 valence electrons. The van der Waals surface area contributed by atoms with Gasteiger partial charge in [0.15, 0.2) is 5.84 Å². The van der Waals surface area contributed by atoms with Crippen LogP contribution in [0.3, 0.4) is 0 Å². The molecule has 2 heterocycles. The number of pyridine rings is 1. The lowest BCUT2D eigenvalue weighted by atomic mass is 10.1. The number of aromatic nitrogens is 1. The molecule has 1 aromatic rings. The minimum atomic E-state index is -2.72. The van der Waals surface area contributed by atoms with Crippen molar-refractivity contribution in [1.82, 2.24) is 9.88 Å². The highest BCUT2D eigenvalue weighted by molar-refractivity contribution is 6.29. The number of carbonyl (C=O) groups is 1. The number of hydrogen-bond donors (Lipinski definition) is 0. The van der Waals surface area contributed by atoms with Crippen molar-refractivity contribution in [3.05, 3.63) is 35.0 Å². The molecule has 0 atom stereocenters. The molecule has 1 aromatic heterocycles. The van der Waals surface area contributed by atoms with Crippen LogP contribution in [0.1, 0.15) is 38.7 Å². The van der Waals surface area contributed by atoms with Crippen LogP contribution in [0.15, 0.2) is 34.5 Å². The van der Waals surface area contributed by atoms with E-state index < -0.39 is 5.92 Å². The first kappa shape index (κ1) is 22.9. The molecule has 0 radical (unpaired) electrons. The second-order valence-corrected chi connectivity index (χ2v) is 7.24. The van der Waals surface area contributed by atoms with Crippen LogP contribution >= 0.6 is 11.6 Å². The number of halogens is 3. The summed E-state index contributed by atoms with van der Waals surface area (Å²) in [5, 5.41) is 8.22. The van der Waals surface area contributed by atoms with Crippen molar-refractivity contribution >= 4 is 29.4 Å². The van der Waals surface area contributed by atoms with Gasteiger partial charge in [0.05, 0.1) is 13.2 Å². The third kappa shape index (κ3) is 7.53. The molecule has 1 aliphatic heterocycles. The van der Waals surface area contributed by atoms with Crippen molar-refractivity contribution in [3.8, 4) is 5.88 Å². The van der Waals surface area contributed by atoms with Gasteiger partial charge in [0.2, 0.25) is 5.88 Å². The van der Waals surface area contributed by atoms with E-state index in [0.717, 1.165) is 5.56 Å². The topological polar surface area (TPSA) is 67.1 Å². The molecule has 6 nitrogen and oxygen atoms in total. The Hall–Kier alpha value is -2.35. The van der Waals surface area contributed by atoms with Crippen molar-refractivity contribution < 1.29 is 18.3 Å². The molecule has 0 unspecified atom stereocenters. The highest BCUT2D eigenvalue weighted by Crippen LogP contribution is 2.28. The molecule has 0 bridgehead atoms. The third-order valence-electron chi connectivity index (χ3n) is 4.16. The molecule has 0 amide bonds. The Morgan fingerprint density at radius 1 is 1.48 bits per heavy atom. The van der Waals surface area contributed by atoms with Gasteiger partial charge in [0.25, 0.3) is 5.92 Å². The molecule has 0 aliphatic carbocycles. The fourth-order valence-corrected chi connectivity index (χ4v) is 3.10. The van der Waals surface area contributed by atoms with Crippen LogP contribution in [0.25, 0.3) is 0 Å². The van der Waals surface area contributed by atoms with Gasteiger partial charge in [-0.1, -0.05) is 18.2 Å². The number of Topliss-reactive ketones (excluding diaryl/α,β-unsaturated/α-hetero) is 1. The average molecular weight is 427 g/mol. The molecule has 1 saturated heterocycles. The van der Waals surface area contributed by atoms with E-state index in [2.05, 4.69) is 21.8 Å². The quantitative estimate of drug-likeness (QED) is 0.255. The summed E-state index contributed by atoms with van der Waals surface area (Å²) in [7, 11) is 0. The van der Waals surface area contributed by atoms with Crippen LogP contribution in [0.4, 0.5) is 8.78 Å². The van der Waals surface area contributed by atoms with E-state index in [1.54, 1.807) is 19.1 Å². The predicted molar refractivity (Wildman–Crippen MR) is 110 cm³/mol. The van der Waals surface area contributed by atoms with Crippen LogP contribution in [0.2, 0.25) is 5.15 Å². The number of hydrogen-bond acceptors (Lipinski definition) is 5. The number of ketones is 1. The Kier molecular flexibility index (Phi) is 8.25. The minimum absolute atomic E-state index is 0.00412. The Labute approximate surface area is 174 Å². The number of amidine groups is 1. The molecular formula is C20H25ClF2N4O2. The van der Waals surface area contributed by atoms with Crippen LogP contribution in [0, 0.1) is 0 Å². The molecule has 1 aliphatic rings. The molecule has 0 N–H and O–H groups in total. The Morgan fingerprint density at radius 2 is 2.24 bits per heavy atom. The summed E-state index contributed by atoms with van der Waals surface area (Å²) in [5.41, 5.74) is 1.29. The Morgan fingerprint density at radius 3 is 2.86 bits per heavy atom. The highest BCUT2D eigenvalue weighted by Gasteiger charge is 2.39. The van der Waals surface area contributed by atoms with Gasteiger partial charge in [-0.3, -0.25) is 4.79 Å². The fraction of sp³-hybridized carbons (Fsp3) is 0.500. The van der Waals surface area contributed by atoms with E-state index in [1.807, 2.05) is 6.92 Å². The van der Waals surface area contributed by atoms with Crippen LogP contribution < -0.4 is 4.74 Å². The molecule has 9 heteroatoms. The van der Waals surface area contributed by atoms with Gasteiger partial charge in [-0.2, -0.15) is 5.10 Å². The van der Waals surface area contributed by atoms with E-state index in [4.69, 9.17) is 16.3 Å².